The Hall–Kier alpha value is -2.46. The Kier molecular flexibility index (Phi) is 7.36. The van der Waals surface area contributed by atoms with Crippen LogP contribution in [-0.4, -0.2) is 31.8 Å². The van der Waals surface area contributed by atoms with Gasteiger partial charge in [0, 0.05) is 19.6 Å². The molecule has 0 radical (unpaired) electrons. The van der Waals surface area contributed by atoms with Gasteiger partial charge in [0.25, 0.3) is 0 Å². The van der Waals surface area contributed by atoms with Gasteiger partial charge in [-0.3, -0.25) is 4.90 Å². The van der Waals surface area contributed by atoms with E-state index in [4.69, 9.17) is 14.2 Å². The monoisotopic (exact) mass is 341 g/mol. The topological polar surface area (TPSA) is 30.9 Å². The lowest BCUT2D eigenvalue weighted by molar-refractivity contribution is 0.101. The van der Waals surface area contributed by atoms with E-state index in [2.05, 4.69) is 42.7 Å². The van der Waals surface area contributed by atoms with E-state index in [0.29, 0.717) is 0 Å². The van der Waals surface area contributed by atoms with Gasteiger partial charge in [-0.05, 0) is 42.3 Å². The second-order valence-electron chi connectivity index (χ2n) is 5.98. The molecule has 0 aliphatic rings. The lowest BCUT2D eigenvalue weighted by Gasteiger charge is -2.25. The number of methoxy groups -OCH3 is 2. The van der Waals surface area contributed by atoms with Crippen molar-refractivity contribution in [1.82, 2.24) is 4.90 Å². The summed E-state index contributed by atoms with van der Waals surface area (Å²) in [7, 11) is 3.36. The highest BCUT2D eigenvalue weighted by Gasteiger charge is 2.12. The Morgan fingerprint density at radius 3 is 1.68 bits per heavy atom. The van der Waals surface area contributed by atoms with E-state index in [0.717, 1.165) is 31.1 Å². The summed E-state index contributed by atoms with van der Waals surface area (Å²) in [5.74, 6) is 1.74. The van der Waals surface area contributed by atoms with Crippen LogP contribution in [-0.2, 0) is 17.8 Å². The summed E-state index contributed by atoms with van der Waals surface area (Å²) in [4.78, 5) is 2.36. The number of hydrogen-bond acceptors (Lipinski definition) is 4. The highest BCUT2D eigenvalue weighted by Crippen LogP contribution is 2.17. The third-order valence-corrected chi connectivity index (χ3v) is 3.97. The number of rotatable bonds is 10. The van der Waals surface area contributed by atoms with Crippen molar-refractivity contribution in [2.75, 3.05) is 20.8 Å². The molecule has 0 N–H and O–H groups in total. The normalized spacial score (nSPS) is 11.8. The van der Waals surface area contributed by atoms with Crippen LogP contribution in [0.3, 0.4) is 0 Å². The van der Waals surface area contributed by atoms with Gasteiger partial charge in [0.05, 0.1) is 20.5 Å². The average molecular weight is 341 g/mol. The van der Waals surface area contributed by atoms with Crippen LogP contribution in [0.25, 0.3) is 0 Å². The van der Waals surface area contributed by atoms with Gasteiger partial charge in [-0.1, -0.05) is 30.8 Å². The molecule has 0 aliphatic carbocycles. The molecule has 1 atom stereocenters. The largest absolute Gasteiger partial charge is 0.498 e. The second-order valence-corrected chi connectivity index (χ2v) is 5.98. The Labute approximate surface area is 150 Å². The molecule has 4 nitrogen and oxygen atoms in total. The first-order chi connectivity index (χ1) is 12.1. The Morgan fingerprint density at radius 2 is 1.32 bits per heavy atom. The van der Waals surface area contributed by atoms with E-state index in [-0.39, 0.29) is 6.10 Å². The van der Waals surface area contributed by atoms with Gasteiger partial charge in [0.2, 0.25) is 0 Å². The van der Waals surface area contributed by atoms with Crippen LogP contribution in [0.5, 0.6) is 11.5 Å². The van der Waals surface area contributed by atoms with E-state index in [1.807, 2.05) is 24.3 Å². The molecule has 0 fully saturated rings. The standard InChI is InChI=1S/C21H27NO3/c1-5-25-17(2)14-22(15-18-6-10-20(23-3)11-7-18)16-19-8-12-21(24-4)13-9-19/h5-13,17H,1,14-16H2,2-4H3/t17-/m1/s1. The molecular formula is C21H27NO3. The summed E-state index contributed by atoms with van der Waals surface area (Å²) in [6, 6.07) is 16.3. The molecule has 2 aromatic rings. The minimum absolute atomic E-state index is 0.0778. The first-order valence-corrected chi connectivity index (χ1v) is 8.39. The Morgan fingerprint density at radius 1 is 0.880 bits per heavy atom. The molecular weight excluding hydrogens is 314 g/mol. The van der Waals surface area contributed by atoms with Crippen LogP contribution in [0.15, 0.2) is 61.4 Å². The predicted molar refractivity (Wildman–Crippen MR) is 101 cm³/mol. The number of benzene rings is 2. The zero-order valence-corrected chi connectivity index (χ0v) is 15.3. The minimum atomic E-state index is 0.0778. The van der Waals surface area contributed by atoms with E-state index in [1.165, 1.54) is 17.4 Å². The van der Waals surface area contributed by atoms with Crippen molar-refractivity contribution in [2.45, 2.75) is 26.1 Å². The highest BCUT2D eigenvalue weighted by molar-refractivity contribution is 5.28. The smallest absolute Gasteiger partial charge is 0.118 e. The summed E-state index contributed by atoms with van der Waals surface area (Å²) in [5.41, 5.74) is 2.47. The summed E-state index contributed by atoms with van der Waals surface area (Å²) in [6.45, 7) is 8.18. The van der Waals surface area contributed by atoms with Crippen LogP contribution in [0.1, 0.15) is 18.1 Å². The molecule has 0 bridgehead atoms. The number of nitrogens with zero attached hydrogens (tertiary/aromatic N) is 1. The molecule has 2 aromatic carbocycles. The van der Waals surface area contributed by atoms with E-state index in [1.54, 1.807) is 14.2 Å². The van der Waals surface area contributed by atoms with Crippen LogP contribution >= 0.6 is 0 Å². The molecule has 25 heavy (non-hydrogen) atoms. The first-order valence-electron chi connectivity index (χ1n) is 8.39. The molecule has 2 rings (SSSR count). The zero-order valence-electron chi connectivity index (χ0n) is 15.3. The molecule has 0 amide bonds. The van der Waals surface area contributed by atoms with Crippen molar-refractivity contribution in [2.24, 2.45) is 0 Å². The van der Waals surface area contributed by atoms with E-state index < -0.39 is 0 Å². The third kappa shape index (κ3) is 6.16. The van der Waals surface area contributed by atoms with Gasteiger partial charge >= 0.3 is 0 Å². The summed E-state index contributed by atoms with van der Waals surface area (Å²) in [5, 5.41) is 0. The maximum absolute atomic E-state index is 5.50. The van der Waals surface area contributed by atoms with E-state index >= 15 is 0 Å². The quantitative estimate of drug-likeness (QED) is 0.604. The molecule has 0 heterocycles. The lowest BCUT2D eigenvalue weighted by atomic mass is 10.1. The Balaban J connectivity index is 2.08. The van der Waals surface area contributed by atoms with Gasteiger partial charge in [-0.25, -0.2) is 0 Å². The zero-order chi connectivity index (χ0) is 18.1. The van der Waals surface area contributed by atoms with Gasteiger partial charge < -0.3 is 14.2 Å². The van der Waals surface area contributed by atoms with Gasteiger partial charge in [-0.15, -0.1) is 0 Å². The first kappa shape index (κ1) is 18.9. The molecule has 4 heteroatoms. The molecule has 0 aromatic heterocycles. The number of ether oxygens (including phenoxy) is 3. The SMILES string of the molecule is C=CO[C@H](C)CN(Cc1ccc(OC)cc1)Cc1ccc(OC)cc1. The van der Waals surface area contributed by atoms with Crippen molar-refractivity contribution in [3.05, 3.63) is 72.5 Å². The molecule has 0 saturated heterocycles. The fraction of sp³-hybridized carbons (Fsp3) is 0.333. The van der Waals surface area contributed by atoms with Gasteiger partial charge in [0.15, 0.2) is 0 Å². The van der Waals surface area contributed by atoms with Gasteiger partial charge in [0.1, 0.15) is 17.6 Å². The van der Waals surface area contributed by atoms with Crippen molar-refractivity contribution in [3.8, 4) is 11.5 Å². The summed E-state index contributed by atoms with van der Waals surface area (Å²) < 4.78 is 16.0. The van der Waals surface area contributed by atoms with Crippen molar-refractivity contribution in [1.29, 1.82) is 0 Å². The van der Waals surface area contributed by atoms with Crippen LogP contribution in [0.4, 0.5) is 0 Å². The van der Waals surface area contributed by atoms with Crippen LogP contribution < -0.4 is 9.47 Å². The average Bonchev–Trinajstić information content (AvgIpc) is 2.63. The maximum Gasteiger partial charge on any atom is 0.118 e. The molecule has 134 valence electrons. The molecule has 0 unspecified atom stereocenters. The summed E-state index contributed by atoms with van der Waals surface area (Å²) >= 11 is 0. The summed E-state index contributed by atoms with van der Waals surface area (Å²) in [6.07, 6.45) is 1.58. The van der Waals surface area contributed by atoms with Crippen molar-refractivity contribution >= 4 is 0 Å². The van der Waals surface area contributed by atoms with Crippen LogP contribution in [0.2, 0.25) is 0 Å². The highest BCUT2D eigenvalue weighted by atomic mass is 16.5. The van der Waals surface area contributed by atoms with Crippen LogP contribution in [0, 0.1) is 0 Å². The predicted octanol–water partition coefficient (Wildman–Crippen LogP) is 4.25. The molecule has 0 spiro atoms. The lowest BCUT2D eigenvalue weighted by Crippen LogP contribution is -2.31. The third-order valence-electron chi connectivity index (χ3n) is 3.97. The van der Waals surface area contributed by atoms with E-state index in [9.17, 15) is 0 Å². The number of hydrogen-bond donors (Lipinski definition) is 0. The second kappa shape index (κ2) is 9.74. The fourth-order valence-electron chi connectivity index (χ4n) is 2.73. The molecule has 0 saturated carbocycles. The minimum Gasteiger partial charge on any atom is -0.498 e. The van der Waals surface area contributed by atoms with Crippen molar-refractivity contribution < 1.29 is 14.2 Å². The van der Waals surface area contributed by atoms with Crippen molar-refractivity contribution in [3.63, 3.8) is 0 Å². The molecule has 0 aliphatic heterocycles. The maximum atomic E-state index is 5.50. The fourth-order valence-corrected chi connectivity index (χ4v) is 2.73. The van der Waals surface area contributed by atoms with Gasteiger partial charge in [-0.2, -0.15) is 0 Å². The Bertz CT molecular complexity index is 588.